The molecule has 0 bridgehead atoms. The summed E-state index contributed by atoms with van der Waals surface area (Å²) in [5, 5.41) is 10.9. The predicted octanol–water partition coefficient (Wildman–Crippen LogP) is 1.56. The van der Waals surface area contributed by atoms with Crippen molar-refractivity contribution in [2.75, 3.05) is 39.3 Å². The van der Waals surface area contributed by atoms with Gasteiger partial charge in [-0.2, -0.15) is 0 Å². The van der Waals surface area contributed by atoms with Gasteiger partial charge in [0.1, 0.15) is 11.8 Å². The van der Waals surface area contributed by atoms with E-state index in [0.717, 1.165) is 51.2 Å². The van der Waals surface area contributed by atoms with Crippen molar-refractivity contribution in [3.05, 3.63) is 51.1 Å². The molecule has 11 nitrogen and oxygen atoms in total. The molecule has 5 rings (SSSR count). The number of nitrogens with zero attached hydrogens (tertiary/aromatic N) is 6. The first-order valence-corrected chi connectivity index (χ1v) is 10.8. The highest BCUT2D eigenvalue weighted by atomic mass is 16.6. The lowest BCUT2D eigenvalue weighted by molar-refractivity contribution is -0.389. The van der Waals surface area contributed by atoms with Gasteiger partial charge in [-0.25, -0.2) is 4.79 Å². The SMILES string of the molecule is CC1(CN2CCN(CCCn3c(=O)oc4ccccc43)CC2)Cn2cc([N+](=O)[O-])nc2O1. The molecule has 1 atom stereocenters. The van der Waals surface area contributed by atoms with E-state index in [1.54, 1.807) is 9.13 Å². The highest BCUT2D eigenvalue weighted by Gasteiger charge is 2.41. The Labute approximate surface area is 183 Å². The number of benzene rings is 1. The molecule has 1 unspecified atom stereocenters. The van der Waals surface area contributed by atoms with Crippen molar-refractivity contribution >= 4 is 16.9 Å². The van der Waals surface area contributed by atoms with Crippen molar-refractivity contribution in [2.24, 2.45) is 0 Å². The largest absolute Gasteiger partial charge is 0.436 e. The smallest absolute Gasteiger partial charge is 0.419 e. The van der Waals surface area contributed by atoms with Crippen molar-refractivity contribution in [1.29, 1.82) is 0 Å². The van der Waals surface area contributed by atoms with Crippen LogP contribution in [0.1, 0.15) is 13.3 Å². The van der Waals surface area contributed by atoms with Crippen LogP contribution < -0.4 is 10.5 Å². The van der Waals surface area contributed by atoms with Gasteiger partial charge in [0.2, 0.25) is 0 Å². The minimum Gasteiger partial charge on any atom is -0.436 e. The van der Waals surface area contributed by atoms with E-state index in [9.17, 15) is 14.9 Å². The highest BCUT2D eigenvalue weighted by molar-refractivity contribution is 5.72. The molecule has 2 aromatic heterocycles. The topological polar surface area (TPSA) is 112 Å². The second-order valence-electron chi connectivity index (χ2n) is 8.78. The molecule has 32 heavy (non-hydrogen) atoms. The van der Waals surface area contributed by atoms with Crippen LogP contribution in [0.4, 0.5) is 5.82 Å². The molecular weight excluding hydrogens is 416 g/mol. The van der Waals surface area contributed by atoms with Gasteiger partial charge < -0.3 is 24.2 Å². The normalized spacial score (nSPS) is 21.7. The number of piperazine rings is 1. The second-order valence-corrected chi connectivity index (χ2v) is 8.78. The van der Waals surface area contributed by atoms with Gasteiger partial charge in [-0.3, -0.25) is 14.0 Å². The fourth-order valence-electron chi connectivity index (χ4n) is 4.69. The molecule has 4 heterocycles. The molecule has 2 aliphatic rings. The molecule has 2 aliphatic heterocycles. The number of rotatable bonds is 7. The van der Waals surface area contributed by atoms with Gasteiger partial charge in [0.05, 0.1) is 12.1 Å². The van der Waals surface area contributed by atoms with Gasteiger partial charge >= 0.3 is 17.6 Å². The molecule has 0 aliphatic carbocycles. The summed E-state index contributed by atoms with van der Waals surface area (Å²) < 4.78 is 14.7. The van der Waals surface area contributed by atoms with Crippen LogP contribution in [0.2, 0.25) is 0 Å². The zero-order valence-corrected chi connectivity index (χ0v) is 18.0. The average Bonchev–Trinajstić information content (AvgIpc) is 3.38. The van der Waals surface area contributed by atoms with Crippen LogP contribution in [-0.2, 0) is 13.1 Å². The number of imidazole rings is 1. The molecule has 11 heteroatoms. The summed E-state index contributed by atoms with van der Waals surface area (Å²) in [7, 11) is 0. The maximum Gasteiger partial charge on any atom is 0.419 e. The zero-order valence-electron chi connectivity index (χ0n) is 18.0. The van der Waals surface area contributed by atoms with Crippen molar-refractivity contribution in [2.45, 2.75) is 32.0 Å². The maximum absolute atomic E-state index is 12.1. The lowest BCUT2D eigenvalue weighted by Crippen LogP contribution is -2.52. The number of aromatic nitrogens is 3. The quantitative estimate of drug-likeness (QED) is 0.400. The van der Waals surface area contributed by atoms with E-state index in [2.05, 4.69) is 14.8 Å². The lowest BCUT2D eigenvalue weighted by atomic mass is 10.1. The van der Waals surface area contributed by atoms with Gasteiger partial charge in [0.15, 0.2) is 5.58 Å². The van der Waals surface area contributed by atoms with Gasteiger partial charge in [0, 0.05) is 44.3 Å². The summed E-state index contributed by atoms with van der Waals surface area (Å²) >= 11 is 0. The molecule has 0 spiro atoms. The number of nitro groups is 1. The van der Waals surface area contributed by atoms with Crippen molar-refractivity contribution in [1.82, 2.24) is 23.9 Å². The van der Waals surface area contributed by atoms with Gasteiger partial charge in [-0.05, 0) is 36.9 Å². The molecule has 1 aromatic carbocycles. The Morgan fingerprint density at radius 2 is 1.91 bits per heavy atom. The molecule has 1 saturated heterocycles. The third kappa shape index (κ3) is 4.00. The monoisotopic (exact) mass is 442 g/mol. The summed E-state index contributed by atoms with van der Waals surface area (Å²) in [6, 6.07) is 7.82. The fraction of sp³-hybridized carbons (Fsp3) is 0.524. The summed E-state index contributed by atoms with van der Waals surface area (Å²) in [5.41, 5.74) is 1.03. The third-order valence-corrected chi connectivity index (χ3v) is 6.21. The maximum atomic E-state index is 12.1. The first-order chi connectivity index (χ1) is 15.4. The first-order valence-electron chi connectivity index (χ1n) is 10.8. The van der Waals surface area contributed by atoms with Crippen LogP contribution in [0.3, 0.4) is 0 Å². The van der Waals surface area contributed by atoms with E-state index in [4.69, 9.17) is 9.15 Å². The van der Waals surface area contributed by atoms with Gasteiger partial charge in [-0.15, -0.1) is 0 Å². The zero-order chi connectivity index (χ0) is 22.3. The molecule has 170 valence electrons. The number of aryl methyl sites for hydroxylation is 1. The van der Waals surface area contributed by atoms with E-state index in [1.807, 2.05) is 31.2 Å². The Morgan fingerprint density at radius 3 is 2.66 bits per heavy atom. The Kier molecular flexibility index (Phi) is 5.22. The molecule has 3 aromatic rings. The van der Waals surface area contributed by atoms with Crippen LogP contribution in [0.5, 0.6) is 6.01 Å². The van der Waals surface area contributed by atoms with Crippen molar-refractivity contribution < 1.29 is 14.1 Å². The minimum absolute atomic E-state index is 0.179. The van der Waals surface area contributed by atoms with Crippen molar-refractivity contribution in [3.8, 4) is 6.01 Å². The third-order valence-electron chi connectivity index (χ3n) is 6.21. The summed E-state index contributed by atoms with van der Waals surface area (Å²) in [6.45, 7) is 8.64. The average molecular weight is 442 g/mol. The minimum atomic E-state index is -0.503. The summed E-state index contributed by atoms with van der Waals surface area (Å²) in [6.07, 6.45) is 2.32. The van der Waals surface area contributed by atoms with Crippen LogP contribution in [-0.4, -0.2) is 73.7 Å². The number of hydrogen-bond acceptors (Lipinski definition) is 8. The molecular formula is C21H26N6O5. The molecule has 0 N–H and O–H groups in total. The fourth-order valence-corrected chi connectivity index (χ4v) is 4.69. The number of fused-ring (bicyclic) bond motifs is 2. The van der Waals surface area contributed by atoms with E-state index in [1.165, 1.54) is 6.20 Å². The van der Waals surface area contributed by atoms with Crippen LogP contribution in [0.15, 0.2) is 39.7 Å². The Balaban J connectivity index is 1.09. The van der Waals surface area contributed by atoms with Gasteiger partial charge in [-0.1, -0.05) is 12.1 Å². The van der Waals surface area contributed by atoms with E-state index in [-0.39, 0.29) is 11.6 Å². The number of para-hydroxylation sites is 2. The Hall–Kier alpha value is -3.18. The van der Waals surface area contributed by atoms with E-state index in [0.29, 0.717) is 24.7 Å². The molecule has 1 fully saturated rings. The van der Waals surface area contributed by atoms with Crippen LogP contribution in [0, 0.1) is 10.1 Å². The number of hydrogen-bond donors (Lipinski definition) is 0. The highest BCUT2D eigenvalue weighted by Crippen LogP contribution is 2.31. The van der Waals surface area contributed by atoms with Gasteiger partial charge in [0.25, 0.3) is 0 Å². The predicted molar refractivity (Wildman–Crippen MR) is 116 cm³/mol. The number of oxazole rings is 1. The van der Waals surface area contributed by atoms with Crippen LogP contribution >= 0.6 is 0 Å². The number of ether oxygens (including phenoxy) is 1. The lowest BCUT2D eigenvalue weighted by Gasteiger charge is -2.38. The van der Waals surface area contributed by atoms with Crippen molar-refractivity contribution in [3.63, 3.8) is 0 Å². The first kappa shape index (κ1) is 20.7. The molecule has 0 saturated carbocycles. The van der Waals surface area contributed by atoms with Crippen LogP contribution in [0.25, 0.3) is 11.1 Å². The summed E-state index contributed by atoms with van der Waals surface area (Å²) in [4.78, 5) is 31.2. The Morgan fingerprint density at radius 1 is 1.16 bits per heavy atom. The molecule has 0 radical (unpaired) electrons. The second kappa shape index (κ2) is 8.06. The summed E-state index contributed by atoms with van der Waals surface area (Å²) in [5.74, 6) is -0.479. The Bertz CT molecular complexity index is 1170. The molecule has 0 amide bonds. The van der Waals surface area contributed by atoms with E-state index < -0.39 is 10.5 Å². The van der Waals surface area contributed by atoms with E-state index >= 15 is 0 Å². The standard InChI is InChI=1S/C21H26N6O5/c1-21(15-25-13-18(27(29)30)22-19(25)32-21)14-24-11-9-23(10-12-24)7-4-8-26-16-5-2-3-6-17(16)31-20(26)28/h2-3,5-6,13H,4,7-12,14-15H2,1H3.